The summed E-state index contributed by atoms with van der Waals surface area (Å²) in [6, 6.07) is 6.16. The molecule has 4 heteroatoms. The van der Waals surface area contributed by atoms with E-state index in [1.807, 2.05) is 30.0 Å². The predicted octanol–water partition coefficient (Wildman–Crippen LogP) is 3.61. The molecule has 1 aromatic rings. The molecule has 2 rings (SSSR count). The number of carbonyl (C=O) groups is 1. The first-order valence-corrected chi connectivity index (χ1v) is 8.56. The van der Waals surface area contributed by atoms with Gasteiger partial charge < -0.3 is 10.2 Å². The molecule has 1 amide bonds. The lowest BCUT2D eigenvalue weighted by Gasteiger charge is -2.33. The van der Waals surface area contributed by atoms with E-state index in [1.54, 1.807) is 0 Å². The molecule has 0 spiro atoms. The van der Waals surface area contributed by atoms with E-state index in [4.69, 9.17) is 0 Å². The minimum Gasteiger partial charge on any atom is -0.336 e. The summed E-state index contributed by atoms with van der Waals surface area (Å²) >= 11 is 3.53. The van der Waals surface area contributed by atoms with Gasteiger partial charge in [0.2, 0.25) is 0 Å². The molecule has 1 N–H and O–H groups in total. The Morgan fingerprint density at radius 2 is 2.05 bits per heavy atom. The first-order chi connectivity index (χ1) is 9.99. The van der Waals surface area contributed by atoms with E-state index in [2.05, 4.69) is 35.1 Å². The van der Waals surface area contributed by atoms with Crippen molar-refractivity contribution in [1.82, 2.24) is 10.2 Å². The van der Waals surface area contributed by atoms with Crippen LogP contribution in [-0.4, -0.2) is 36.5 Å². The lowest BCUT2D eigenvalue weighted by atomic mass is 9.96. The maximum Gasteiger partial charge on any atom is 0.255 e. The van der Waals surface area contributed by atoms with E-state index >= 15 is 0 Å². The van der Waals surface area contributed by atoms with Gasteiger partial charge in [-0.3, -0.25) is 4.79 Å². The molecule has 21 heavy (non-hydrogen) atoms. The number of nitrogens with one attached hydrogen (secondary N) is 1. The summed E-state index contributed by atoms with van der Waals surface area (Å²) in [6.45, 7) is 9.23. The molecular weight excluding hydrogens is 328 g/mol. The van der Waals surface area contributed by atoms with Crippen molar-refractivity contribution in [2.45, 2.75) is 39.7 Å². The van der Waals surface area contributed by atoms with Crippen LogP contribution in [0.2, 0.25) is 0 Å². The van der Waals surface area contributed by atoms with Crippen molar-refractivity contribution in [1.29, 1.82) is 0 Å². The molecule has 0 aromatic heterocycles. The summed E-state index contributed by atoms with van der Waals surface area (Å²) in [4.78, 5) is 14.9. The van der Waals surface area contributed by atoms with Gasteiger partial charge in [0.05, 0.1) is 5.56 Å². The lowest BCUT2D eigenvalue weighted by molar-refractivity contribution is 0.0657. The van der Waals surface area contributed by atoms with Gasteiger partial charge in [-0.15, -0.1) is 0 Å². The molecule has 1 fully saturated rings. The van der Waals surface area contributed by atoms with Crippen LogP contribution in [0.15, 0.2) is 22.7 Å². The summed E-state index contributed by atoms with van der Waals surface area (Å²) < 4.78 is 0.892. The molecule has 116 valence electrons. The highest BCUT2D eigenvalue weighted by atomic mass is 79.9. The number of hydrogen-bond acceptors (Lipinski definition) is 2. The van der Waals surface area contributed by atoms with Gasteiger partial charge in [0.15, 0.2) is 0 Å². The van der Waals surface area contributed by atoms with Crippen molar-refractivity contribution in [2.24, 2.45) is 5.92 Å². The fourth-order valence-corrected chi connectivity index (χ4v) is 3.48. The van der Waals surface area contributed by atoms with Crippen LogP contribution >= 0.6 is 15.9 Å². The molecule has 1 aromatic carbocycles. The van der Waals surface area contributed by atoms with Gasteiger partial charge in [0.25, 0.3) is 5.91 Å². The van der Waals surface area contributed by atoms with Crippen LogP contribution in [0.5, 0.6) is 0 Å². The zero-order chi connectivity index (χ0) is 15.4. The summed E-state index contributed by atoms with van der Waals surface area (Å²) in [5.41, 5.74) is 1.93. The van der Waals surface area contributed by atoms with Crippen LogP contribution in [-0.2, 0) is 0 Å². The molecule has 1 heterocycles. The summed E-state index contributed by atoms with van der Waals surface area (Å²) in [5.74, 6) is 0.747. The van der Waals surface area contributed by atoms with Crippen molar-refractivity contribution in [3.63, 3.8) is 0 Å². The second kappa shape index (κ2) is 7.41. The second-order valence-corrected chi connectivity index (χ2v) is 7.08. The van der Waals surface area contributed by atoms with E-state index in [9.17, 15) is 4.79 Å². The molecule has 0 atom stereocenters. The number of aryl methyl sites for hydroxylation is 1. The maximum atomic E-state index is 12.9. The Balaban J connectivity index is 2.14. The molecule has 1 aliphatic heterocycles. The Kier molecular flexibility index (Phi) is 5.82. The number of nitrogens with zero attached hydrogens (tertiary/aromatic N) is 1. The smallest absolute Gasteiger partial charge is 0.255 e. The van der Waals surface area contributed by atoms with E-state index in [-0.39, 0.29) is 11.9 Å². The largest absolute Gasteiger partial charge is 0.336 e. The molecular formula is C17H25BrN2O. The zero-order valence-corrected chi connectivity index (χ0v) is 14.7. The number of benzene rings is 1. The minimum atomic E-state index is 0.135. The highest BCUT2D eigenvalue weighted by Gasteiger charge is 2.24. The maximum absolute atomic E-state index is 12.9. The first-order valence-electron chi connectivity index (χ1n) is 7.77. The number of carbonyl (C=O) groups excluding carboxylic acids is 1. The normalized spacial score (nSPS) is 16.2. The number of hydrogen-bond donors (Lipinski definition) is 1. The average molecular weight is 353 g/mol. The summed E-state index contributed by atoms with van der Waals surface area (Å²) in [7, 11) is 0. The van der Waals surface area contributed by atoms with Gasteiger partial charge >= 0.3 is 0 Å². The Hall–Kier alpha value is -0.870. The van der Waals surface area contributed by atoms with Crippen LogP contribution in [0.4, 0.5) is 0 Å². The summed E-state index contributed by atoms with van der Waals surface area (Å²) in [5, 5.41) is 3.38. The van der Waals surface area contributed by atoms with Crippen molar-refractivity contribution >= 4 is 21.8 Å². The topological polar surface area (TPSA) is 32.3 Å². The van der Waals surface area contributed by atoms with Gasteiger partial charge in [-0.1, -0.05) is 6.07 Å². The van der Waals surface area contributed by atoms with E-state index in [1.165, 1.54) is 0 Å². The fourth-order valence-electron chi connectivity index (χ4n) is 2.82. The predicted molar refractivity (Wildman–Crippen MR) is 90.6 cm³/mol. The molecule has 0 radical (unpaired) electrons. The number of piperidine rings is 1. The first kappa shape index (κ1) is 16.5. The molecule has 0 aliphatic carbocycles. The SMILES string of the molecule is Cc1ccc(C(=O)N(CC2CCNCC2)C(C)C)c(Br)c1. The van der Waals surface area contributed by atoms with Crippen molar-refractivity contribution in [3.05, 3.63) is 33.8 Å². The van der Waals surface area contributed by atoms with E-state index in [0.717, 1.165) is 48.1 Å². The van der Waals surface area contributed by atoms with Crippen LogP contribution in [0.25, 0.3) is 0 Å². The highest BCUT2D eigenvalue weighted by Crippen LogP contribution is 2.23. The van der Waals surface area contributed by atoms with Crippen LogP contribution in [0.1, 0.15) is 42.6 Å². The standard InChI is InChI=1S/C17H25BrN2O/c1-12(2)20(11-14-6-8-19-9-7-14)17(21)15-5-4-13(3)10-16(15)18/h4-5,10,12,14,19H,6-9,11H2,1-3H3. The summed E-state index contributed by atoms with van der Waals surface area (Å²) in [6.07, 6.45) is 2.32. The number of amides is 1. The lowest BCUT2D eigenvalue weighted by Crippen LogP contribution is -2.43. The Labute approximate surface area is 136 Å². The van der Waals surface area contributed by atoms with E-state index in [0.29, 0.717) is 5.92 Å². The Morgan fingerprint density at radius 1 is 1.38 bits per heavy atom. The minimum absolute atomic E-state index is 0.135. The number of halogens is 1. The third kappa shape index (κ3) is 4.30. The van der Waals surface area contributed by atoms with Crippen LogP contribution < -0.4 is 5.32 Å². The van der Waals surface area contributed by atoms with Crippen LogP contribution in [0.3, 0.4) is 0 Å². The van der Waals surface area contributed by atoms with E-state index < -0.39 is 0 Å². The van der Waals surface area contributed by atoms with Crippen molar-refractivity contribution < 1.29 is 4.79 Å². The van der Waals surface area contributed by atoms with Gasteiger partial charge in [-0.2, -0.15) is 0 Å². The van der Waals surface area contributed by atoms with Crippen molar-refractivity contribution in [2.75, 3.05) is 19.6 Å². The van der Waals surface area contributed by atoms with Crippen LogP contribution in [0, 0.1) is 12.8 Å². The highest BCUT2D eigenvalue weighted by molar-refractivity contribution is 9.10. The molecule has 1 saturated heterocycles. The molecule has 3 nitrogen and oxygen atoms in total. The third-order valence-corrected chi connectivity index (χ3v) is 4.81. The van der Waals surface area contributed by atoms with Gasteiger partial charge in [0, 0.05) is 17.1 Å². The third-order valence-electron chi connectivity index (χ3n) is 4.15. The molecule has 1 aliphatic rings. The fraction of sp³-hybridized carbons (Fsp3) is 0.588. The second-order valence-electron chi connectivity index (χ2n) is 6.23. The molecule has 0 bridgehead atoms. The molecule has 0 saturated carbocycles. The average Bonchev–Trinajstić information content (AvgIpc) is 2.45. The number of rotatable bonds is 4. The Bertz CT molecular complexity index is 496. The molecule has 0 unspecified atom stereocenters. The Morgan fingerprint density at radius 3 is 2.62 bits per heavy atom. The van der Waals surface area contributed by atoms with Gasteiger partial charge in [-0.25, -0.2) is 0 Å². The monoisotopic (exact) mass is 352 g/mol. The van der Waals surface area contributed by atoms with Gasteiger partial charge in [0.1, 0.15) is 0 Å². The zero-order valence-electron chi connectivity index (χ0n) is 13.2. The van der Waals surface area contributed by atoms with Gasteiger partial charge in [-0.05, 0) is 86.2 Å². The quantitative estimate of drug-likeness (QED) is 0.897. The van der Waals surface area contributed by atoms with Crippen molar-refractivity contribution in [3.8, 4) is 0 Å².